The van der Waals surface area contributed by atoms with Crippen LogP contribution in [0.2, 0.25) is 0 Å². The zero-order valence-electron chi connectivity index (χ0n) is 23.5. The van der Waals surface area contributed by atoms with Gasteiger partial charge in [-0.1, -0.05) is 98.8 Å². The van der Waals surface area contributed by atoms with Gasteiger partial charge in [0, 0.05) is 16.4 Å². The zero-order chi connectivity index (χ0) is 28.0. The van der Waals surface area contributed by atoms with Crippen molar-refractivity contribution in [2.75, 3.05) is 0 Å². The van der Waals surface area contributed by atoms with Gasteiger partial charge in [0.2, 0.25) is 5.89 Å². The highest BCUT2D eigenvalue weighted by molar-refractivity contribution is 6.18. The molecule has 42 heavy (non-hydrogen) atoms. The lowest BCUT2D eigenvalue weighted by Crippen LogP contribution is -2.15. The van der Waals surface area contributed by atoms with Gasteiger partial charge in [-0.05, 0) is 103 Å². The number of hydrogen-bond acceptors (Lipinski definition) is 2. The Kier molecular flexibility index (Phi) is 4.70. The quantitative estimate of drug-likeness (QED) is 0.205. The van der Waals surface area contributed by atoms with E-state index < -0.39 is 0 Å². The van der Waals surface area contributed by atoms with Gasteiger partial charge in [0.25, 0.3) is 0 Å². The molecule has 1 aliphatic carbocycles. The Morgan fingerprint density at radius 2 is 1.21 bits per heavy atom. The molecule has 0 aliphatic heterocycles. The molecule has 0 spiro atoms. The van der Waals surface area contributed by atoms with Crippen LogP contribution >= 0.6 is 0 Å². The first kappa shape index (κ1) is 23.5. The molecule has 1 aliphatic rings. The Morgan fingerprint density at radius 1 is 0.524 bits per heavy atom. The van der Waals surface area contributed by atoms with Crippen molar-refractivity contribution in [2.45, 2.75) is 19.3 Å². The fourth-order valence-electron chi connectivity index (χ4n) is 7.02. The van der Waals surface area contributed by atoms with Crippen molar-refractivity contribution in [3.05, 3.63) is 139 Å². The van der Waals surface area contributed by atoms with Crippen LogP contribution in [0, 0.1) is 0 Å². The van der Waals surface area contributed by atoms with Gasteiger partial charge in [-0.2, -0.15) is 0 Å². The molecule has 0 saturated heterocycles. The summed E-state index contributed by atoms with van der Waals surface area (Å²) in [7, 11) is 0. The van der Waals surface area contributed by atoms with E-state index >= 15 is 0 Å². The lowest BCUT2D eigenvalue weighted by molar-refractivity contribution is 0.623. The highest BCUT2D eigenvalue weighted by Crippen LogP contribution is 2.51. The van der Waals surface area contributed by atoms with Crippen molar-refractivity contribution in [1.82, 2.24) is 4.98 Å². The van der Waals surface area contributed by atoms with Crippen LogP contribution in [0.4, 0.5) is 0 Å². The van der Waals surface area contributed by atoms with E-state index in [1.54, 1.807) is 0 Å². The molecule has 0 bridgehead atoms. The van der Waals surface area contributed by atoms with Crippen LogP contribution in [0.5, 0.6) is 0 Å². The maximum absolute atomic E-state index is 6.41. The molecule has 1 heterocycles. The molecule has 9 rings (SSSR count). The van der Waals surface area contributed by atoms with E-state index in [0.717, 1.165) is 27.4 Å². The molecule has 198 valence electrons. The number of rotatable bonds is 2. The minimum absolute atomic E-state index is 0.0634. The second-order valence-electron chi connectivity index (χ2n) is 12.0. The van der Waals surface area contributed by atoms with E-state index in [2.05, 4.69) is 111 Å². The second kappa shape index (κ2) is 8.41. The lowest BCUT2D eigenvalue weighted by atomic mass is 9.81. The van der Waals surface area contributed by atoms with Crippen LogP contribution in [0.3, 0.4) is 0 Å². The summed E-state index contributed by atoms with van der Waals surface area (Å²) in [6, 6.07) is 46.0. The van der Waals surface area contributed by atoms with Gasteiger partial charge in [-0.25, -0.2) is 4.98 Å². The normalized spacial score (nSPS) is 13.7. The smallest absolute Gasteiger partial charge is 0.227 e. The monoisotopic (exact) mass is 537 g/mol. The predicted octanol–water partition coefficient (Wildman–Crippen LogP) is 10.9. The summed E-state index contributed by atoms with van der Waals surface area (Å²) >= 11 is 0. The highest BCUT2D eigenvalue weighted by Gasteiger charge is 2.35. The molecule has 0 unspecified atom stereocenters. The average molecular weight is 538 g/mol. The number of hydrogen-bond donors (Lipinski definition) is 0. The topological polar surface area (TPSA) is 26.0 Å². The molecule has 0 N–H and O–H groups in total. The van der Waals surface area contributed by atoms with Crippen molar-refractivity contribution in [3.8, 4) is 33.7 Å². The Bertz CT molecular complexity index is 2380. The number of fused-ring (bicyclic) bond motifs is 9. The molecule has 0 amide bonds. The Labute approximate surface area is 243 Å². The summed E-state index contributed by atoms with van der Waals surface area (Å²) in [6.07, 6.45) is 0. The van der Waals surface area contributed by atoms with E-state index in [0.29, 0.717) is 5.89 Å². The van der Waals surface area contributed by atoms with Gasteiger partial charge >= 0.3 is 0 Å². The van der Waals surface area contributed by atoms with Gasteiger partial charge in [0.15, 0.2) is 5.58 Å². The van der Waals surface area contributed by atoms with Crippen LogP contribution in [0.1, 0.15) is 25.0 Å². The Morgan fingerprint density at radius 3 is 2.07 bits per heavy atom. The highest BCUT2D eigenvalue weighted by atomic mass is 16.3. The molecular formula is C40H27NO. The summed E-state index contributed by atoms with van der Waals surface area (Å²) in [5.41, 5.74) is 10.6. The standard InChI is InChI=1S/C40H27NO/c1-40(2)34-23-29(15-18-32(34)33-21-26-10-6-7-11-27(26)22-35(33)40)28-14-17-31-30(20-28)13-12-24-16-19-36-38(37(24)31)42-39(41-36)25-8-4-3-5-9-25/h3-23H,1-2H3. The molecule has 1 aromatic heterocycles. The zero-order valence-corrected chi connectivity index (χ0v) is 23.5. The van der Waals surface area contributed by atoms with Gasteiger partial charge in [-0.3, -0.25) is 0 Å². The number of nitrogens with zero attached hydrogens (tertiary/aromatic N) is 1. The van der Waals surface area contributed by atoms with E-state index in [-0.39, 0.29) is 5.41 Å². The maximum Gasteiger partial charge on any atom is 0.227 e. The first-order valence-electron chi connectivity index (χ1n) is 14.5. The molecule has 0 fully saturated rings. The summed E-state index contributed by atoms with van der Waals surface area (Å²) in [5, 5.41) is 7.24. The van der Waals surface area contributed by atoms with E-state index in [4.69, 9.17) is 9.40 Å². The van der Waals surface area contributed by atoms with Crippen LogP contribution < -0.4 is 0 Å². The largest absolute Gasteiger partial charge is 0.435 e. The predicted molar refractivity (Wildman–Crippen MR) is 175 cm³/mol. The van der Waals surface area contributed by atoms with Gasteiger partial charge in [-0.15, -0.1) is 0 Å². The van der Waals surface area contributed by atoms with E-state index in [9.17, 15) is 0 Å². The molecular weight excluding hydrogens is 510 g/mol. The lowest BCUT2D eigenvalue weighted by Gasteiger charge is -2.22. The van der Waals surface area contributed by atoms with Crippen molar-refractivity contribution in [1.29, 1.82) is 0 Å². The van der Waals surface area contributed by atoms with Crippen LogP contribution in [0.25, 0.3) is 77.1 Å². The fraction of sp³-hybridized carbons (Fsp3) is 0.0750. The van der Waals surface area contributed by atoms with Gasteiger partial charge in [0.05, 0.1) is 0 Å². The molecule has 2 nitrogen and oxygen atoms in total. The van der Waals surface area contributed by atoms with Crippen LogP contribution in [0.15, 0.2) is 132 Å². The van der Waals surface area contributed by atoms with Crippen molar-refractivity contribution < 1.29 is 4.42 Å². The van der Waals surface area contributed by atoms with Crippen molar-refractivity contribution in [3.63, 3.8) is 0 Å². The van der Waals surface area contributed by atoms with E-state index in [1.165, 1.54) is 54.9 Å². The minimum Gasteiger partial charge on any atom is -0.435 e. The Hall–Kier alpha value is -5.21. The van der Waals surface area contributed by atoms with Crippen molar-refractivity contribution >= 4 is 43.4 Å². The van der Waals surface area contributed by atoms with Crippen LogP contribution in [-0.2, 0) is 5.41 Å². The van der Waals surface area contributed by atoms with Gasteiger partial charge < -0.3 is 4.42 Å². The molecule has 8 aromatic rings. The average Bonchev–Trinajstić information content (AvgIpc) is 3.57. The first-order chi connectivity index (χ1) is 20.5. The Balaban J connectivity index is 1.18. The van der Waals surface area contributed by atoms with Crippen molar-refractivity contribution in [2.24, 2.45) is 0 Å². The molecule has 0 saturated carbocycles. The van der Waals surface area contributed by atoms with Crippen LogP contribution in [-0.4, -0.2) is 4.98 Å². The summed E-state index contributed by atoms with van der Waals surface area (Å²) in [6.45, 7) is 4.71. The number of oxazole rings is 1. The first-order valence-corrected chi connectivity index (χ1v) is 14.5. The molecule has 2 heteroatoms. The summed E-state index contributed by atoms with van der Waals surface area (Å²) < 4.78 is 6.41. The molecule has 0 radical (unpaired) electrons. The summed E-state index contributed by atoms with van der Waals surface area (Å²) in [5.74, 6) is 0.654. The molecule has 7 aromatic carbocycles. The number of aromatic nitrogens is 1. The van der Waals surface area contributed by atoms with E-state index in [1.807, 2.05) is 30.3 Å². The number of benzene rings is 7. The fourth-order valence-corrected chi connectivity index (χ4v) is 7.02. The second-order valence-corrected chi connectivity index (χ2v) is 12.0. The SMILES string of the molecule is CC1(C)c2cc(-c3ccc4c(ccc5ccc6nc(-c7ccccc7)oc6c54)c3)ccc2-c2cc3ccccc3cc21. The van der Waals surface area contributed by atoms with Gasteiger partial charge in [0.1, 0.15) is 5.52 Å². The molecule has 0 atom stereocenters. The minimum atomic E-state index is -0.0634. The third-order valence-corrected chi connectivity index (χ3v) is 9.25. The third kappa shape index (κ3) is 3.30. The third-order valence-electron chi connectivity index (χ3n) is 9.25. The maximum atomic E-state index is 6.41. The summed E-state index contributed by atoms with van der Waals surface area (Å²) in [4.78, 5) is 4.82.